The molecule has 2 rings (SSSR count). The molecular formula is C21H34N2O. The predicted molar refractivity (Wildman–Crippen MR) is 102 cm³/mol. The molecule has 1 N–H and O–H groups in total. The summed E-state index contributed by atoms with van der Waals surface area (Å²) in [6.45, 7) is 15.6. The van der Waals surface area contributed by atoms with Gasteiger partial charge in [0.05, 0.1) is 0 Å². The SMILES string of the molecule is CN1C(C)(C)CC(NC(=O)c2ccc(C(C)(C)C)cc2)CC1(C)C. The van der Waals surface area contributed by atoms with Crippen LogP contribution in [0.5, 0.6) is 0 Å². The highest BCUT2D eigenvalue weighted by Gasteiger charge is 2.43. The van der Waals surface area contributed by atoms with Crippen molar-refractivity contribution in [3.8, 4) is 0 Å². The number of benzene rings is 1. The van der Waals surface area contributed by atoms with Gasteiger partial charge < -0.3 is 5.32 Å². The lowest BCUT2D eigenvalue weighted by atomic mass is 9.77. The number of likely N-dealkylation sites (tertiary alicyclic amines) is 1. The molecule has 0 atom stereocenters. The monoisotopic (exact) mass is 330 g/mol. The minimum absolute atomic E-state index is 0.0385. The van der Waals surface area contributed by atoms with Crippen molar-refractivity contribution in [1.82, 2.24) is 10.2 Å². The van der Waals surface area contributed by atoms with Gasteiger partial charge in [0.25, 0.3) is 5.91 Å². The van der Waals surface area contributed by atoms with Crippen molar-refractivity contribution in [2.24, 2.45) is 0 Å². The first-order valence-electron chi connectivity index (χ1n) is 8.98. The molecule has 0 aliphatic carbocycles. The molecule has 1 aliphatic heterocycles. The van der Waals surface area contributed by atoms with E-state index >= 15 is 0 Å². The van der Waals surface area contributed by atoms with Gasteiger partial charge in [0, 0.05) is 22.7 Å². The molecule has 24 heavy (non-hydrogen) atoms. The highest BCUT2D eigenvalue weighted by molar-refractivity contribution is 5.94. The lowest BCUT2D eigenvalue weighted by Crippen LogP contribution is -2.62. The van der Waals surface area contributed by atoms with Crippen molar-refractivity contribution in [3.05, 3.63) is 35.4 Å². The van der Waals surface area contributed by atoms with Crippen LogP contribution in [0, 0.1) is 0 Å². The Morgan fingerprint density at radius 2 is 1.50 bits per heavy atom. The van der Waals surface area contributed by atoms with Crippen LogP contribution in [0.3, 0.4) is 0 Å². The summed E-state index contributed by atoms with van der Waals surface area (Å²) in [6, 6.07) is 8.23. The van der Waals surface area contributed by atoms with E-state index in [0.29, 0.717) is 0 Å². The summed E-state index contributed by atoms with van der Waals surface area (Å²) in [7, 11) is 2.18. The minimum atomic E-state index is 0.0385. The molecule has 3 nitrogen and oxygen atoms in total. The number of nitrogens with zero attached hydrogens (tertiary/aromatic N) is 1. The van der Waals surface area contributed by atoms with Gasteiger partial charge in [0.15, 0.2) is 0 Å². The molecule has 1 aromatic rings. The van der Waals surface area contributed by atoms with Crippen molar-refractivity contribution in [3.63, 3.8) is 0 Å². The quantitative estimate of drug-likeness (QED) is 0.873. The van der Waals surface area contributed by atoms with Crippen LogP contribution in [0.25, 0.3) is 0 Å². The zero-order valence-electron chi connectivity index (χ0n) is 16.7. The van der Waals surface area contributed by atoms with Gasteiger partial charge in [-0.05, 0) is 70.7 Å². The standard InChI is InChI=1S/C21H34N2O/c1-19(2,3)16-11-9-15(10-12-16)18(24)22-17-13-20(4,5)23(8)21(6,7)14-17/h9-12,17H,13-14H2,1-8H3,(H,22,24). The molecule has 0 spiro atoms. The summed E-state index contributed by atoms with van der Waals surface area (Å²) in [4.78, 5) is 15.1. The third-order valence-corrected chi connectivity index (χ3v) is 5.66. The Morgan fingerprint density at radius 1 is 1.04 bits per heavy atom. The Labute approximate surface area is 147 Å². The Balaban J connectivity index is 2.10. The molecule has 1 saturated heterocycles. The number of hydrogen-bond acceptors (Lipinski definition) is 2. The molecule has 0 aromatic heterocycles. The first-order valence-corrected chi connectivity index (χ1v) is 8.98. The van der Waals surface area contributed by atoms with Gasteiger partial charge in [-0.3, -0.25) is 9.69 Å². The second-order valence-electron chi connectivity index (χ2n) is 9.59. The zero-order valence-corrected chi connectivity index (χ0v) is 16.7. The zero-order chi connectivity index (χ0) is 18.3. The van der Waals surface area contributed by atoms with Crippen molar-refractivity contribution in [2.75, 3.05) is 7.05 Å². The van der Waals surface area contributed by atoms with Crippen LogP contribution < -0.4 is 5.32 Å². The van der Waals surface area contributed by atoms with E-state index in [1.165, 1.54) is 5.56 Å². The number of amides is 1. The molecule has 1 aromatic carbocycles. The maximum atomic E-state index is 12.7. The smallest absolute Gasteiger partial charge is 0.251 e. The average Bonchev–Trinajstić information content (AvgIpc) is 2.43. The molecule has 0 bridgehead atoms. The van der Waals surface area contributed by atoms with Gasteiger partial charge in [-0.1, -0.05) is 32.9 Å². The summed E-state index contributed by atoms with van der Waals surface area (Å²) in [6.07, 6.45) is 1.94. The Morgan fingerprint density at radius 3 is 1.92 bits per heavy atom. The summed E-state index contributed by atoms with van der Waals surface area (Å²) < 4.78 is 0. The van der Waals surface area contributed by atoms with Gasteiger partial charge in [0.2, 0.25) is 0 Å². The molecule has 1 heterocycles. The number of piperidine rings is 1. The molecule has 0 unspecified atom stereocenters. The first-order chi connectivity index (χ1) is 10.8. The van der Waals surface area contributed by atoms with E-state index in [2.05, 4.69) is 77.9 Å². The molecule has 0 saturated carbocycles. The summed E-state index contributed by atoms with van der Waals surface area (Å²) in [5.74, 6) is 0.0385. The Bertz CT molecular complexity index is 575. The number of nitrogens with one attached hydrogen (secondary N) is 1. The lowest BCUT2D eigenvalue weighted by molar-refractivity contribution is -0.0169. The largest absolute Gasteiger partial charge is 0.349 e. The second kappa shape index (κ2) is 6.18. The van der Waals surface area contributed by atoms with Crippen LogP contribution >= 0.6 is 0 Å². The van der Waals surface area contributed by atoms with E-state index in [1.54, 1.807) is 0 Å². The van der Waals surface area contributed by atoms with Crippen molar-refractivity contribution >= 4 is 5.91 Å². The van der Waals surface area contributed by atoms with Crippen LogP contribution in [0.4, 0.5) is 0 Å². The molecule has 134 valence electrons. The molecule has 0 radical (unpaired) electrons. The summed E-state index contributed by atoms with van der Waals surface area (Å²) in [5.41, 5.74) is 2.26. The molecule has 3 heteroatoms. The second-order valence-corrected chi connectivity index (χ2v) is 9.59. The fourth-order valence-corrected chi connectivity index (χ4v) is 3.86. The maximum Gasteiger partial charge on any atom is 0.251 e. The lowest BCUT2D eigenvalue weighted by Gasteiger charge is -2.53. The number of rotatable bonds is 2. The van der Waals surface area contributed by atoms with Crippen molar-refractivity contribution < 1.29 is 4.79 Å². The van der Waals surface area contributed by atoms with Gasteiger partial charge in [-0.25, -0.2) is 0 Å². The van der Waals surface area contributed by atoms with Gasteiger partial charge >= 0.3 is 0 Å². The van der Waals surface area contributed by atoms with Crippen LogP contribution in [-0.4, -0.2) is 35.0 Å². The van der Waals surface area contributed by atoms with Crippen LogP contribution in [0.2, 0.25) is 0 Å². The van der Waals surface area contributed by atoms with E-state index in [4.69, 9.17) is 0 Å². The van der Waals surface area contributed by atoms with Crippen LogP contribution in [0.15, 0.2) is 24.3 Å². The van der Waals surface area contributed by atoms with Crippen molar-refractivity contribution in [2.45, 2.75) is 83.8 Å². The average molecular weight is 331 g/mol. The number of carbonyl (C=O) groups excluding carboxylic acids is 1. The van der Waals surface area contributed by atoms with E-state index in [1.807, 2.05) is 12.1 Å². The molecule has 1 amide bonds. The topological polar surface area (TPSA) is 32.3 Å². The highest BCUT2D eigenvalue weighted by atomic mass is 16.1. The van der Waals surface area contributed by atoms with E-state index in [-0.39, 0.29) is 28.4 Å². The van der Waals surface area contributed by atoms with E-state index in [9.17, 15) is 4.79 Å². The third-order valence-electron chi connectivity index (χ3n) is 5.66. The van der Waals surface area contributed by atoms with Gasteiger partial charge in [0.1, 0.15) is 0 Å². The number of carbonyl (C=O) groups is 1. The minimum Gasteiger partial charge on any atom is -0.349 e. The highest BCUT2D eigenvalue weighted by Crippen LogP contribution is 2.36. The van der Waals surface area contributed by atoms with Crippen molar-refractivity contribution in [1.29, 1.82) is 0 Å². The molecule has 1 aliphatic rings. The van der Waals surface area contributed by atoms with Crippen LogP contribution in [-0.2, 0) is 5.41 Å². The molecule has 1 fully saturated rings. The van der Waals surface area contributed by atoms with Gasteiger partial charge in [-0.15, -0.1) is 0 Å². The Hall–Kier alpha value is -1.35. The van der Waals surface area contributed by atoms with Crippen LogP contribution in [0.1, 0.15) is 77.2 Å². The maximum absolute atomic E-state index is 12.7. The molecular weight excluding hydrogens is 296 g/mol. The fraction of sp³-hybridized carbons (Fsp3) is 0.667. The third kappa shape index (κ3) is 4.00. The summed E-state index contributed by atoms with van der Waals surface area (Å²) >= 11 is 0. The first kappa shape index (κ1) is 19.0. The van der Waals surface area contributed by atoms with E-state index in [0.717, 1.165) is 18.4 Å². The van der Waals surface area contributed by atoms with E-state index < -0.39 is 0 Å². The van der Waals surface area contributed by atoms with Gasteiger partial charge in [-0.2, -0.15) is 0 Å². The summed E-state index contributed by atoms with van der Waals surface area (Å²) in [5, 5.41) is 3.26. The number of hydrogen-bond donors (Lipinski definition) is 1. The Kier molecular flexibility index (Phi) is 4.89. The normalized spacial score (nSPS) is 21.5. The predicted octanol–water partition coefficient (Wildman–Crippen LogP) is 4.37. The fourth-order valence-electron chi connectivity index (χ4n) is 3.86.